The number of fused-ring (bicyclic) bond motifs is 1. The highest BCUT2D eigenvalue weighted by molar-refractivity contribution is 5.96. The number of likely N-dealkylation sites (tertiary alicyclic amines) is 1. The number of nitrogens with zero attached hydrogens (tertiary/aromatic N) is 2. The lowest BCUT2D eigenvalue weighted by molar-refractivity contribution is -0.137. The molecule has 0 radical (unpaired) electrons. The molecule has 2 saturated heterocycles. The molecule has 4 heterocycles. The lowest BCUT2D eigenvalue weighted by atomic mass is 9.93. The van der Waals surface area contributed by atoms with E-state index in [1.807, 2.05) is 12.1 Å². The highest BCUT2D eigenvalue weighted by Gasteiger charge is 2.54. The lowest BCUT2D eigenvalue weighted by Crippen LogP contribution is -2.56. The van der Waals surface area contributed by atoms with Gasteiger partial charge in [-0.15, -0.1) is 0 Å². The predicted molar refractivity (Wildman–Crippen MR) is 127 cm³/mol. The van der Waals surface area contributed by atoms with Gasteiger partial charge in [0.05, 0.1) is 23.8 Å². The van der Waals surface area contributed by atoms with Crippen LogP contribution in [0.4, 0.5) is 13.2 Å². The molecule has 5 rings (SSSR count). The molecule has 2 fully saturated rings. The Morgan fingerprint density at radius 2 is 2.03 bits per heavy atom. The summed E-state index contributed by atoms with van der Waals surface area (Å²) in [5.74, 6) is -0.495. The van der Waals surface area contributed by atoms with Gasteiger partial charge in [0.15, 0.2) is 0 Å². The van der Waals surface area contributed by atoms with Crippen LogP contribution in [0.25, 0.3) is 0 Å². The summed E-state index contributed by atoms with van der Waals surface area (Å²) in [6.45, 7) is 2.26. The maximum absolute atomic E-state index is 13.0. The molecule has 2 unspecified atom stereocenters. The van der Waals surface area contributed by atoms with Gasteiger partial charge in [-0.3, -0.25) is 19.5 Å². The van der Waals surface area contributed by atoms with E-state index in [1.54, 1.807) is 6.20 Å². The van der Waals surface area contributed by atoms with Crippen LogP contribution in [-0.4, -0.2) is 72.2 Å². The summed E-state index contributed by atoms with van der Waals surface area (Å²) >= 11 is 0. The van der Waals surface area contributed by atoms with Crippen LogP contribution in [0.15, 0.2) is 42.6 Å². The first-order valence-electron chi connectivity index (χ1n) is 12.4. The summed E-state index contributed by atoms with van der Waals surface area (Å²) in [5.41, 5.74) is -0.939. The smallest absolute Gasteiger partial charge is 0.416 e. The summed E-state index contributed by atoms with van der Waals surface area (Å²) in [7, 11) is 0. The minimum atomic E-state index is -4.56. The Balaban J connectivity index is 1.25. The average Bonchev–Trinajstić information content (AvgIpc) is 3.28. The van der Waals surface area contributed by atoms with Crippen LogP contribution in [0.5, 0.6) is 5.75 Å². The minimum absolute atomic E-state index is 0.164. The van der Waals surface area contributed by atoms with Gasteiger partial charge in [0.2, 0.25) is 5.91 Å². The van der Waals surface area contributed by atoms with Crippen LogP contribution in [0.2, 0.25) is 0 Å². The Labute approximate surface area is 212 Å². The molecule has 2 aromatic rings. The van der Waals surface area contributed by atoms with Crippen molar-refractivity contribution in [2.24, 2.45) is 0 Å². The summed E-state index contributed by atoms with van der Waals surface area (Å²) in [5, 5.41) is 5.44. The van der Waals surface area contributed by atoms with E-state index in [4.69, 9.17) is 9.47 Å². The number of rotatable bonds is 5. The molecule has 11 heteroatoms. The van der Waals surface area contributed by atoms with E-state index >= 15 is 0 Å². The van der Waals surface area contributed by atoms with E-state index in [9.17, 15) is 22.8 Å². The number of carbonyl (C=O) groups excluding carboxylic acids is 2. The third-order valence-electron chi connectivity index (χ3n) is 7.29. The molecule has 1 aromatic carbocycles. The number of nitrogens with one attached hydrogen (secondary N) is 2. The summed E-state index contributed by atoms with van der Waals surface area (Å²) in [6, 6.07) is 7.73. The molecule has 0 saturated carbocycles. The predicted octanol–water partition coefficient (Wildman–Crippen LogP) is 2.57. The molecule has 37 heavy (non-hydrogen) atoms. The number of aromatic nitrogens is 1. The molecule has 1 aromatic heterocycles. The van der Waals surface area contributed by atoms with Crippen molar-refractivity contribution in [2.75, 3.05) is 32.8 Å². The second-order valence-electron chi connectivity index (χ2n) is 9.80. The highest BCUT2D eigenvalue weighted by atomic mass is 19.4. The second-order valence-corrected chi connectivity index (χ2v) is 9.80. The second kappa shape index (κ2) is 10.3. The van der Waals surface area contributed by atoms with E-state index in [2.05, 4.69) is 20.5 Å². The van der Waals surface area contributed by atoms with Crippen molar-refractivity contribution < 1.29 is 32.2 Å². The molecule has 3 aliphatic heterocycles. The summed E-state index contributed by atoms with van der Waals surface area (Å²) in [6.07, 6.45) is 0.560. The standard InChI is InChI=1S/C26H29F3N4O4/c27-26(28,29)18-5-1-4-17(12-18)24(35)31-14-23(34)32-22-15-33(19-6-3-10-36-11-8-19)16-25(22)13-20-21(37-25)7-2-9-30-20/h1-2,4-5,7,9,12,19,22H,3,6,8,10-11,13-16H2,(H,31,35)(H,32,34)/t19?,22?,25-/m0/s1. The molecule has 8 nitrogen and oxygen atoms in total. The Morgan fingerprint density at radius 1 is 1.16 bits per heavy atom. The van der Waals surface area contributed by atoms with Gasteiger partial charge in [-0.2, -0.15) is 13.2 Å². The van der Waals surface area contributed by atoms with E-state index < -0.39 is 29.2 Å². The Hall–Kier alpha value is -3.18. The highest BCUT2D eigenvalue weighted by Crippen LogP contribution is 2.40. The summed E-state index contributed by atoms with van der Waals surface area (Å²) in [4.78, 5) is 32.1. The number of hydrogen-bond donors (Lipinski definition) is 2. The molecule has 3 aliphatic rings. The van der Waals surface area contributed by atoms with Crippen LogP contribution in [0.3, 0.4) is 0 Å². The fourth-order valence-electron chi connectivity index (χ4n) is 5.44. The zero-order valence-corrected chi connectivity index (χ0v) is 20.2. The van der Waals surface area contributed by atoms with E-state index in [0.29, 0.717) is 37.9 Å². The first-order valence-corrected chi connectivity index (χ1v) is 12.4. The third kappa shape index (κ3) is 5.57. The van der Waals surface area contributed by atoms with E-state index in [0.717, 1.165) is 49.8 Å². The maximum atomic E-state index is 13.0. The van der Waals surface area contributed by atoms with E-state index in [1.165, 1.54) is 6.07 Å². The number of pyridine rings is 1. The Bertz CT molecular complexity index is 1130. The van der Waals surface area contributed by atoms with Crippen molar-refractivity contribution in [1.82, 2.24) is 20.5 Å². The van der Waals surface area contributed by atoms with Crippen LogP contribution < -0.4 is 15.4 Å². The van der Waals surface area contributed by atoms with Crippen molar-refractivity contribution in [3.63, 3.8) is 0 Å². The molecule has 0 aliphatic carbocycles. The van der Waals surface area contributed by atoms with E-state index in [-0.39, 0.29) is 18.2 Å². The topological polar surface area (TPSA) is 92.8 Å². The number of ether oxygens (including phenoxy) is 2. The molecule has 198 valence electrons. The fourth-order valence-corrected chi connectivity index (χ4v) is 5.44. The zero-order chi connectivity index (χ0) is 26.0. The molecular weight excluding hydrogens is 489 g/mol. The molecule has 2 amide bonds. The van der Waals surface area contributed by atoms with Crippen molar-refractivity contribution in [1.29, 1.82) is 0 Å². The van der Waals surface area contributed by atoms with Crippen LogP contribution in [-0.2, 0) is 22.1 Å². The first-order chi connectivity index (χ1) is 17.7. The first kappa shape index (κ1) is 25.5. The van der Waals surface area contributed by atoms with Gasteiger partial charge in [0, 0.05) is 50.5 Å². The van der Waals surface area contributed by atoms with Gasteiger partial charge in [0.25, 0.3) is 5.91 Å². The average molecular weight is 519 g/mol. The maximum Gasteiger partial charge on any atom is 0.416 e. The van der Waals surface area contributed by atoms with Gasteiger partial charge in [-0.1, -0.05) is 6.07 Å². The lowest BCUT2D eigenvalue weighted by Gasteiger charge is -2.31. The van der Waals surface area contributed by atoms with Gasteiger partial charge >= 0.3 is 6.18 Å². The number of amides is 2. The van der Waals surface area contributed by atoms with Crippen molar-refractivity contribution in [3.05, 3.63) is 59.4 Å². The van der Waals surface area contributed by atoms with Crippen LogP contribution >= 0.6 is 0 Å². The van der Waals surface area contributed by atoms with Crippen LogP contribution in [0.1, 0.15) is 40.9 Å². The van der Waals surface area contributed by atoms with Gasteiger partial charge in [-0.05, 0) is 49.6 Å². The number of benzene rings is 1. The van der Waals surface area contributed by atoms with Gasteiger partial charge in [-0.25, -0.2) is 0 Å². The zero-order valence-electron chi connectivity index (χ0n) is 20.2. The summed E-state index contributed by atoms with van der Waals surface area (Å²) < 4.78 is 51.0. The third-order valence-corrected chi connectivity index (χ3v) is 7.29. The van der Waals surface area contributed by atoms with Crippen molar-refractivity contribution in [3.8, 4) is 5.75 Å². The Kier molecular flexibility index (Phi) is 7.09. The van der Waals surface area contributed by atoms with Crippen molar-refractivity contribution >= 4 is 11.8 Å². The minimum Gasteiger partial charge on any atom is -0.481 e. The molecule has 1 spiro atoms. The monoisotopic (exact) mass is 518 g/mol. The number of alkyl halides is 3. The molecule has 3 atom stereocenters. The molecular formula is C26H29F3N4O4. The van der Waals surface area contributed by atoms with Gasteiger partial charge in [0.1, 0.15) is 11.4 Å². The van der Waals surface area contributed by atoms with Crippen LogP contribution in [0, 0.1) is 0 Å². The molecule has 0 bridgehead atoms. The fraction of sp³-hybridized carbons (Fsp3) is 0.500. The number of carbonyl (C=O) groups is 2. The van der Waals surface area contributed by atoms with Gasteiger partial charge < -0.3 is 20.1 Å². The quantitative estimate of drug-likeness (QED) is 0.632. The largest absolute Gasteiger partial charge is 0.481 e. The number of halogens is 3. The Morgan fingerprint density at radius 3 is 2.84 bits per heavy atom. The normalized spacial score (nSPS) is 25.8. The number of hydrogen-bond acceptors (Lipinski definition) is 6. The van der Waals surface area contributed by atoms with Crippen molar-refractivity contribution in [2.45, 2.75) is 49.5 Å². The molecule has 2 N–H and O–H groups in total. The SMILES string of the molecule is O=C(CNC(=O)c1cccc(C(F)(F)F)c1)NC1CN(C2CCCOCC2)C[C@@]12Cc1ncccc1O2.